The van der Waals surface area contributed by atoms with E-state index in [9.17, 15) is 10.1 Å². The van der Waals surface area contributed by atoms with Crippen molar-refractivity contribution in [1.82, 2.24) is 5.01 Å². The summed E-state index contributed by atoms with van der Waals surface area (Å²) in [6, 6.07) is -0.0394. The molecule has 0 aromatic carbocycles. The first kappa shape index (κ1) is 9.72. The zero-order chi connectivity index (χ0) is 9.84. The first-order chi connectivity index (χ1) is 6.11. The molecule has 1 heterocycles. The summed E-state index contributed by atoms with van der Waals surface area (Å²) in [6.45, 7) is 1.13. The molecule has 1 atom stereocenters. The van der Waals surface area contributed by atoms with E-state index in [-0.39, 0.29) is 12.0 Å². The minimum absolute atomic E-state index is 0.0394. The number of rotatable bonds is 2. The number of nitrogens with two attached hydrogens (primary N) is 1. The third kappa shape index (κ3) is 2.55. The van der Waals surface area contributed by atoms with Crippen molar-refractivity contribution in [1.29, 1.82) is 0 Å². The van der Waals surface area contributed by atoms with E-state index in [1.165, 1.54) is 7.05 Å². The zero-order valence-electron chi connectivity index (χ0n) is 7.34. The molecule has 2 N–H and O–H groups in total. The Labute approximate surface area is 75.3 Å². The number of aliphatic imine (C=N–C) groups is 1. The maximum Gasteiger partial charge on any atom is 0.254 e. The number of hydrazine groups is 1. The molecule has 0 spiro atoms. The summed E-state index contributed by atoms with van der Waals surface area (Å²) in [7, 11) is 1.26. The fourth-order valence-corrected chi connectivity index (χ4v) is 0.978. The van der Waals surface area contributed by atoms with Crippen molar-refractivity contribution >= 4 is 5.96 Å². The summed E-state index contributed by atoms with van der Waals surface area (Å²) in [5.41, 5.74) is 5.38. The van der Waals surface area contributed by atoms with E-state index >= 15 is 0 Å². The smallest absolute Gasteiger partial charge is 0.254 e. The minimum Gasteiger partial charge on any atom is -0.379 e. The van der Waals surface area contributed by atoms with Crippen LogP contribution in [0.1, 0.15) is 6.42 Å². The number of ether oxygens (including phenoxy) is 1. The second kappa shape index (κ2) is 4.04. The molecular formula is C6H12N4O3. The van der Waals surface area contributed by atoms with E-state index in [4.69, 9.17) is 10.5 Å². The van der Waals surface area contributed by atoms with Gasteiger partial charge in [0.2, 0.25) is 0 Å². The van der Waals surface area contributed by atoms with E-state index in [2.05, 4.69) is 4.99 Å². The van der Waals surface area contributed by atoms with Crippen LogP contribution >= 0.6 is 0 Å². The van der Waals surface area contributed by atoms with Gasteiger partial charge in [0.1, 0.15) is 0 Å². The molecule has 0 aromatic rings. The van der Waals surface area contributed by atoms with Crippen LogP contribution in [0.2, 0.25) is 0 Å². The predicted molar refractivity (Wildman–Crippen MR) is 45.6 cm³/mol. The topological polar surface area (TPSA) is 94.0 Å². The molecule has 1 saturated heterocycles. The lowest BCUT2D eigenvalue weighted by atomic mass is 10.3. The van der Waals surface area contributed by atoms with Crippen molar-refractivity contribution in [2.45, 2.75) is 12.5 Å². The number of guanidine groups is 1. The van der Waals surface area contributed by atoms with Crippen molar-refractivity contribution in [3.8, 4) is 0 Å². The summed E-state index contributed by atoms with van der Waals surface area (Å²) in [6.07, 6.45) is 0.770. The molecule has 1 fully saturated rings. The lowest BCUT2D eigenvalue weighted by Crippen LogP contribution is -2.39. The number of nitro groups is 1. The fraction of sp³-hybridized carbons (Fsp3) is 0.833. The van der Waals surface area contributed by atoms with Crippen molar-refractivity contribution in [3.05, 3.63) is 10.1 Å². The summed E-state index contributed by atoms with van der Waals surface area (Å²) in [5.74, 6) is -0.0829. The summed E-state index contributed by atoms with van der Waals surface area (Å²) >= 11 is 0. The van der Waals surface area contributed by atoms with Gasteiger partial charge in [-0.15, -0.1) is 0 Å². The predicted octanol–water partition coefficient (Wildman–Crippen LogP) is -0.786. The molecule has 1 rings (SSSR count). The molecule has 0 bridgehead atoms. The Morgan fingerprint density at radius 3 is 3.00 bits per heavy atom. The highest BCUT2D eigenvalue weighted by molar-refractivity contribution is 5.76. The molecule has 74 valence electrons. The van der Waals surface area contributed by atoms with E-state index in [1.54, 1.807) is 0 Å². The van der Waals surface area contributed by atoms with Crippen molar-refractivity contribution < 1.29 is 9.77 Å². The molecule has 0 radical (unpaired) electrons. The van der Waals surface area contributed by atoms with E-state index < -0.39 is 5.03 Å². The second-order valence-corrected chi connectivity index (χ2v) is 2.77. The van der Waals surface area contributed by atoms with Gasteiger partial charge in [0.05, 0.1) is 19.7 Å². The van der Waals surface area contributed by atoms with Crippen LogP contribution in [0.3, 0.4) is 0 Å². The highest BCUT2D eigenvalue weighted by Crippen LogP contribution is 2.07. The lowest BCUT2D eigenvalue weighted by Gasteiger charge is -2.08. The summed E-state index contributed by atoms with van der Waals surface area (Å²) in [5, 5.41) is 10.3. The Hall–Kier alpha value is -1.37. The SMILES string of the molecule is CN(C(N)=NC1CCOC1)[N+](=O)[O-]. The lowest BCUT2D eigenvalue weighted by molar-refractivity contribution is -0.623. The summed E-state index contributed by atoms with van der Waals surface area (Å²) < 4.78 is 5.05. The Morgan fingerprint density at radius 1 is 1.85 bits per heavy atom. The standard InChI is InChI=1S/C6H12N4O3/c1-9(10(11)12)6(7)8-5-2-3-13-4-5/h5H,2-4H2,1H3,(H2,7,8). The van der Waals surface area contributed by atoms with Gasteiger partial charge in [-0.2, -0.15) is 0 Å². The third-order valence-corrected chi connectivity index (χ3v) is 1.80. The van der Waals surface area contributed by atoms with Crippen molar-refractivity contribution in [3.63, 3.8) is 0 Å². The van der Waals surface area contributed by atoms with Crippen LogP contribution in [0.5, 0.6) is 0 Å². The van der Waals surface area contributed by atoms with Gasteiger partial charge in [-0.05, 0) is 6.42 Å². The van der Waals surface area contributed by atoms with E-state index in [0.717, 1.165) is 6.42 Å². The maximum atomic E-state index is 10.3. The van der Waals surface area contributed by atoms with Gasteiger partial charge in [-0.1, -0.05) is 5.01 Å². The first-order valence-corrected chi connectivity index (χ1v) is 3.90. The molecule has 1 unspecified atom stereocenters. The van der Waals surface area contributed by atoms with E-state index in [0.29, 0.717) is 18.2 Å². The third-order valence-electron chi connectivity index (χ3n) is 1.80. The highest BCUT2D eigenvalue weighted by atomic mass is 16.7. The van der Waals surface area contributed by atoms with Gasteiger partial charge in [0.25, 0.3) is 5.96 Å². The Morgan fingerprint density at radius 2 is 2.54 bits per heavy atom. The normalized spacial score (nSPS) is 23.2. The average Bonchev–Trinajstić information content (AvgIpc) is 2.55. The Balaban J connectivity index is 2.53. The molecule has 7 heteroatoms. The molecule has 13 heavy (non-hydrogen) atoms. The average molecular weight is 188 g/mol. The van der Waals surface area contributed by atoms with Crippen LogP contribution in [-0.2, 0) is 4.74 Å². The largest absolute Gasteiger partial charge is 0.379 e. The number of hydrogen-bond donors (Lipinski definition) is 1. The first-order valence-electron chi connectivity index (χ1n) is 3.90. The zero-order valence-corrected chi connectivity index (χ0v) is 7.34. The van der Waals surface area contributed by atoms with Gasteiger partial charge in [-0.25, -0.2) is 15.1 Å². The fourth-order valence-electron chi connectivity index (χ4n) is 0.978. The monoisotopic (exact) mass is 188 g/mol. The van der Waals surface area contributed by atoms with Crippen LogP contribution in [0.25, 0.3) is 0 Å². The molecule has 0 amide bonds. The highest BCUT2D eigenvalue weighted by Gasteiger charge is 2.18. The van der Waals surface area contributed by atoms with Crippen LogP contribution in [0, 0.1) is 10.1 Å². The van der Waals surface area contributed by atoms with Crippen molar-refractivity contribution in [2.75, 3.05) is 20.3 Å². The second-order valence-electron chi connectivity index (χ2n) is 2.77. The van der Waals surface area contributed by atoms with Crippen LogP contribution in [0.4, 0.5) is 0 Å². The Bertz CT molecular complexity index is 224. The van der Waals surface area contributed by atoms with E-state index in [1.807, 2.05) is 0 Å². The van der Waals surface area contributed by atoms with Crippen molar-refractivity contribution in [2.24, 2.45) is 10.7 Å². The number of hydrogen-bond acceptors (Lipinski definition) is 4. The molecule has 0 saturated carbocycles. The number of nitrogens with zero attached hydrogens (tertiary/aromatic N) is 3. The van der Waals surface area contributed by atoms with Gasteiger partial charge in [0.15, 0.2) is 5.03 Å². The van der Waals surface area contributed by atoms with Crippen LogP contribution in [0.15, 0.2) is 4.99 Å². The molecule has 7 nitrogen and oxygen atoms in total. The molecule has 1 aliphatic rings. The molecular weight excluding hydrogens is 176 g/mol. The van der Waals surface area contributed by atoms with Gasteiger partial charge in [0, 0.05) is 6.61 Å². The van der Waals surface area contributed by atoms with Gasteiger partial charge in [-0.3, -0.25) is 0 Å². The van der Waals surface area contributed by atoms with Crippen LogP contribution < -0.4 is 5.73 Å². The quantitative estimate of drug-likeness (QED) is 0.265. The maximum absolute atomic E-state index is 10.3. The summed E-state index contributed by atoms with van der Waals surface area (Å²) in [4.78, 5) is 14.2. The molecule has 0 aliphatic carbocycles. The van der Waals surface area contributed by atoms with Gasteiger partial charge >= 0.3 is 0 Å². The minimum atomic E-state index is -0.616. The molecule has 1 aliphatic heterocycles. The van der Waals surface area contributed by atoms with Gasteiger partial charge < -0.3 is 10.5 Å². The molecule has 0 aromatic heterocycles. The van der Waals surface area contributed by atoms with Crippen LogP contribution in [-0.4, -0.2) is 42.3 Å². The Kier molecular flexibility index (Phi) is 3.02.